The highest BCUT2D eigenvalue weighted by Crippen LogP contribution is 2.28. The number of furan rings is 1. The molecule has 1 saturated heterocycles. The zero-order chi connectivity index (χ0) is 19.2. The molecule has 2 amide bonds. The van der Waals surface area contributed by atoms with Crippen molar-refractivity contribution in [2.45, 2.75) is 25.5 Å². The van der Waals surface area contributed by atoms with Crippen molar-refractivity contribution >= 4 is 11.7 Å². The first kappa shape index (κ1) is 18.3. The van der Waals surface area contributed by atoms with Gasteiger partial charge in [-0.3, -0.25) is 0 Å². The summed E-state index contributed by atoms with van der Waals surface area (Å²) >= 11 is 0. The van der Waals surface area contributed by atoms with E-state index in [1.54, 1.807) is 11.2 Å². The van der Waals surface area contributed by atoms with Gasteiger partial charge in [0.25, 0.3) is 0 Å². The van der Waals surface area contributed by atoms with Gasteiger partial charge in [-0.15, -0.1) is 0 Å². The number of urea groups is 1. The highest BCUT2D eigenvalue weighted by molar-refractivity contribution is 5.94. The highest BCUT2D eigenvalue weighted by Gasteiger charge is 2.24. The Hall–Kier alpha value is -3.05. The summed E-state index contributed by atoms with van der Waals surface area (Å²) < 4.78 is 11.2. The van der Waals surface area contributed by atoms with E-state index in [-0.39, 0.29) is 12.1 Å². The molecule has 0 bridgehead atoms. The lowest BCUT2D eigenvalue weighted by Crippen LogP contribution is -2.39. The molecule has 0 spiro atoms. The van der Waals surface area contributed by atoms with Gasteiger partial charge in [0.05, 0.1) is 24.6 Å². The first-order chi connectivity index (χ1) is 13.8. The summed E-state index contributed by atoms with van der Waals surface area (Å²) in [6.45, 7) is 1.71. The minimum absolute atomic E-state index is 0.0741. The number of carbonyl (C=O) groups is 1. The van der Waals surface area contributed by atoms with Crippen LogP contribution in [0.4, 0.5) is 10.5 Å². The third-order valence-corrected chi connectivity index (χ3v) is 4.92. The number of hydrogen-bond acceptors (Lipinski definition) is 3. The number of carbonyl (C=O) groups excluding carboxylic acids is 1. The van der Waals surface area contributed by atoms with Crippen LogP contribution in [-0.2, 0) is 11.3 Å². The summed E-state index contributed by atoms with van der Waals surface area (Å²) in [5, 5.41) is 3.09. The third-order valence-electron chi connectivity index (χ3n) is 4.92. The van der Waals surface area contributed by atoms with E-state index in [9.17, 15) is 4.79 Å². The van der Waals surface area contributed by atoms with Gasteiger partial charge >= 0.3 is 6.03 Å². The van der Waals surface area contributed by atoms with Crippen molar-refractivity contribution in [3.05, 3.63) is 78.8 Å². The zero-order valence-corrected chi connectivity index (χ0v) is 15.7. The second-order valence-corrected chi connectivity index (χ2v) is 6.94. The predicted molar refractivity (Wildman–Crippen MR) is 109 cm³/mol. The van der Waals surface area contributed by atoms with Crippen LogP contribution in [0.5, 0.6) is 0 Å². The topological polar surface area (TPSA) is 54.7 Å². The van der Waals surface area contributed by atoms with Crippen molar-refractivity contribution < 1.29 is 13.9 Å². The van der Waals surface area contributed by atoms with Crippen LogP contribution in [-0.4, -0.2) is 30.2 Å². The molecule has 0 aliphatic carbocycles. The minimum Gasteiger partial charge on any atom is -0.467 e. The van der Waals surface area contributed by atoms with Gasteiger partial charge in [-0.2, -0.15) is 0 Å². The Morgan fingerprint density at radius 3 is 2.61 bits per heavy atom. The van der Waals surface area contributed by atoms with Crippen LogP contribution in [0.15, 0.2) is 77.4 Å². The van der Waals surface area contributed by atoms with E-state index in [1.165, 1.54) is 0 Å². The number of para-hydroxylation sites is 1. The van der Waals surface area contributed by atoms with Crippen LogP contribution >= 0.6 is 0 Å². The predicted octanol–water partition coefficient (Wildman–Crippen LogP) is 5.16. The smallest absolute Gasteiger partial charge is 0.322 e. The number of amides is 2. The molecule has 1 fully saturated rings. The van der Waals surface area contributed by atoms with Gasteiger partial charge in [-0.1, -0.05) is 48.5 Å². The maximum Gasteiger partial charge on any atom is 0.322 e. The monoisotopic (exact) mass is 376 g/mol. The average Bonchev–Trinajstić information content (AvgIpc) is 3.43. The number of ether oxygens (including phenoxy) is 1. The van der Waals surface area contributed by atoms with Gasteiger partial charge < -0.3 is 19.4 Å². The molecule has 5 nitrogen and oxygen atoms in total. The SMILES string of the molecule is O=C(Nc1ccccc1-c1ccccc1)N(Cc1ccco1)CC1CCCO1. The van der Waals surface area contributed by atoms with Gasteiger partial charge in [0.2, 0.25) is 0 Å². The molecule has 5 heteroatoms. The second kappa shape index (κ2) is 8.76. The van der Waals surface area contributed by atoms with E-state index in [1.807, 2.05) is 66.7 Å². The number of anilines is 1. The second-order valence-electron chi connectivity index (χ2n) is 6.94. The molecule has 144 valence electrons. The molecule has 3 aromatic rings. The maximum atomic E-state index is 13.1. The number of nitrogens with one attached hydrogen (secondary N) is 1. The van der Waals surface area contributed by atoms with Crippen molar-refractivity contribution in [2.24, 2.45) is 0 Å². The van der Waals surface area contributed by atoms with Crippen molar-refractivity contribution in [2.75, 3.05) is 18.5 Å². The van der Waals surface area contributed by atoms with Crippen molar-refractivity contribution in [3.63, 3.8) is 0 Å². The fraction of sp³-hybridized carbons (Fsp3) is 0.261. The summed E-state index contributed by atoms with van der Waals surface area (Å²) in [6.07, 6.45) is 3.72. The van der Waals surface area contributed by atoms with Gasteiger partial charge in [-0.25, -0.2) is 4.79 Å². The fourth-order valence-corrected chi connectivity index (χ4v) is 3.50. The Morgan fingerprint density at radius 2 is 1.86 bits per heavy atom. The van der Waals surface area contributed by atoms with Gasteiger partial charge in [0.15, 0.2) is 0 Å². The molecule has 1 atom stereocenters. The summed E-state index contributed by atoms with van der Waals surface area (Å²) in [5.41, 5.74) is 2.84. The first-order valence-corrected chi connectivity index (χ1v) is 9.64. The third kappa shape index (κ3) is 4.43. The molecule has 1 unspecified atom stereocenters. The van der Waals surface area contributed by atoms with E-state index in [4.69, 9.17) is 9.15 Å². The molecule has 2 aromatic carbocycles. The number of hydrogen-bond donors (Lipinski definition) is 1. The van der Waals surface area contributed by atoms with E-state index in [0.29, 0.717) is 13.1 Å². The van der Waals surface area contributed by atoms with Crippen LogP contribution in [0, 0.1) is 0 Å². The number of benzene rings is 2. The van der Waals surface area contributed by atoms with E-state index in [2.05, 4.69) is 5.32 Å². The van der Waals surface area contributed by atoms with E-state index in [0.717, 1.165) is 42.0 Å². The summed E-state index contributed by atoms with van der Waals surface area (Å²) in [6, 6.07) is 21.5. The molecule has 4 rings (SSSR count). The van der Waals surface area contributed by atoms with Crippen molar-refractivity contribution in [1.82, 2.24) is 4.90 Å². The summed E-state index contributed by atoms with van der Waals surface area (Å²) in [7, 11) is 0. The van der Waals surface area contributed by atoms with Crippen LogP contribution < -0.4 is 5.32 Å². The molecule has 1 N–H and O–H groups in total. The Bertz CT molecular complexity index is 887. The van der Waals surface area contributed by atoms with Crippen LogP contribution in [0.1, 0.15) is 18.6 Å². The maximum absolute atomic E-state index is 13.1. The Morgan fingerprint density at radius 1 is 1.04 bits per heavy atom. The van der Waals surface area contributed by atoms with Crippen LogP contribution in [0.25, 0.3) is 11.1 Å². The molecular weight excluding hydrogens is 352 g/mol. The molecule has 0 saturated carbocycles. The van der Waals surface area contributed by atoms with E-state index >= 15 is 0 Å². The Labute approximate surface area is 164 Å². The standard InChI is InChI=1S/C23H24N2O3/c26-23(24-22-13-5-4-12-21(22)18-8-2-1-3-9-18)25(16-19-10-6-14-27-19)17-20-11-7-15-28-20/h1-6,8-10,12-14,20H,7,11,15-17H2,(H,24,26). The van der Waals surface area contributed by atoms with Crippen LogP contribution in [0.2, 0.25) is 0 Å². The van der Waals surface area contributed by atoms with E-state index < -0.39 is 0 Å². The van der Waals surface area contributed by atoms with Crippen molar-refractivity contribution in [3.8, 4) is 11.1 Å². The van der Waals surface area contributed by atoms with Crippen LogP contribution in [0.3, 0.4) is 0 Å². The first-order valence-electron chi connectivity index (χ1n) is 9.64. The molecule has 2 heterocycles. The molecular formula is C23H24N2O3. The Balaban J connectivity index is 1.54. The fourth-order valence-electron chi connectivity index (χ4n) is 3.50. The average molecular weight is 376 g/mol. The molecule has 1 aliphatic heterocycles. The largest absolute Gasteiger partial charge is 0.467 e. The van der Waals surface area contributed by atoms with Gasteiger partial charge in [-0.05, 0) is 36.6 Å². The lowest BCUT2D eigenvalue weighted by Gasteiger charge is -2.25. The van der Waals surface area contributed by atoms with Gasteiger partial charge in [0, 0.05) is 18.7 Å². The molecule has 1 aromatic heterocycles. The normalized spacial score (nSPS) is 16.1. The zero-order valence-electron chi connectivity index (χ0n) is 15.7. The molecule has 1 aliphatic rings. The number of rotatable bonds is 6. The summed E-state index contributed by atoms with van der Waals surface area (Å²) in [4.78, 5) is 14.9. The number of nitrogens with zero attached hydrogens (tertiary/aromatic N) is 1. The molecule has 28 heavy (non-hydrogen) atoms. The minimum atomic E-state index is -0.157. The lowest BCUT2D eigenvalue weighted by molar-refractivity contribution is 0.0803. The highest BCUT2D eigenvalue weighted by atomic mass is 16.5. The lowest BCUT2D eigenvalue weighted by atomic mass is 10.0. The summed E-state index contributed by atoms with van der Waals surface area (Å²) in [5.74, 6) is 0.754. The molecule has 0 radical (unpaired) electrons. The Kier molecular flexibility index (Phi) is 5.73. The van der Waals surface area contributed by atoms with Gasteiger partial charge in [0.1, 0.15) is 5.76 Å². The van der Waals surface area contributed by atoms with Crippen molar-refractivity contribution in [1.29, 1.82) is 0 Å². The quantitative estimate of drug-likeness (QED) is 0.646.